The molecular formula is C24H27N3O3. The van der Waals surface area contributed by atoms with Crippen LogP contribution in [0.25, 0.3) is 11.3 Å². The lowest BCUT2D eigenvalue weighted by Crippen LogP contribution is -2.34. The maximum Gasteiger partial charge on any atom is 0.266 e. The third-order valence-electron chi connectivity index (χ3n) is 4.81. The number of amides is 1. The minimum atomic E-state index is -0.239. The Labute approximate surface area is 176 Å². The summed E-state index contributed by atoms with van der Waals surface area (Å²) in [5.74, 6) is 0.497. The highest BCUT2D eigenvalue weighted by Gasteiger charge is 2.09. The fraction of sp³-hybridized carbons (Fsp3) is 0.292. The number of nitrogens with one attached hydrogen (secondary N) is 1. The summed E-state index contributed by atoms with van der Waals surface area (Å²) in [7, 11) is 0. The van der Waals surface area contributed by atoms with E-state index in [2.05, 4.69) is 10.4 Å². The first-order valence-corrected chi connectivity index (χ1v) is 9.96. The molecule has 0 bridgehead atoms. The van der Waals surface area contributed by atoms with Crippen LogP contribution in [0, 0.1) is 27.7 Å². The fourth-order valence-electron chi connectivity index (χ4n) is 3.37. The maximum atomic E-state index is 12.2. The van der Waals surface area contributed by atoms with Crippen molar-refractivity contribution in [3.8, 4) is 17.0 Å². The molecule has 3 rings (SSSR count). The highest BCUT2D eigenvalue weighted by atomic mass is 16.5. The van der Waals surface area contributed by atoms with Gasteiger partial charge in [0.05, 0.1) is 12.2 Å². The molecule has 0 aliphatic heterocycles. The van der Waals surface area contributed by atoms with E-state index < -0.39 is 0 Å². The van der Waals surface area contributed by atoms with Gasteiger partial charge in [0.1, 0.15) is 5.75 Å². The standard InChI is InChI=1S/C24H27N3O3/c1-16-5-7-20(8-6-16)21-9-10-23(29)27(26-21)12-11-25-22(28)15-30-24-18(3)13-17(2)14-19(24)4/h5-10,13-14H,11-12,15H2,1-4H3,(H,25,28). The third kappa shape index (κ3) is 5.35. The second-order valence-corrected chi connectivity index (χ2v) is 7.51. The van der Waals surface area contributed by atoms with Crippen molar-refractivity contribution in [3.05, 3.63) is 81.1 Å². The van der Waals surface area contributed by atoms with E-state index in [0.29, 0.717) is 0 Å². The first-order valence-electron chi connectivity index (χ1n) is 9.96. The van der Waals surface area contributed by atoms with Crippen LogP contribution in [0.3, 0.4) is 0 Å². The van der Waals surface area contributed by atoms with Gasteiger partial charge in [0.25, 0.3) is 11.5 Å². The van der Waals surface area contributed by atoms with Crippen molar-refractivity contribution in [1.82, 2.24) is 15.1 Å². The number of nitrogens with zero attached hydrogens (tertiary/aromatic N) is 2. The quantitative estimate of drug-likeness (QED) is 0.654. The highest BCUT2D eigenvalue weighted by Crippen LogP contribution is 2.24. The Morgan fingerprint density at radius 1 is 0.967 bits per heavy atom. The van der Waals surface area contributed by atoms with E-state index in [0.717, 1.165) is 39.3 Å². The molecule has 1 aromatic heterocycles. The number of carbonyl (C=O) groups is 1. The van der Waals surface area contributed by atoms with Crippen LogP contribution in [-0.4, -0.2) is 28.8 Å². The molecule has 6 heteroatoms. The first-order chi connectivity index (χ1) is 14.3. The maximum absolute atomic E-state index is 12.2. The van der Waals surface area contributed by atoms with Crippen LogP contribution in [0.1, 0.15) is 22.3 Å². The van der Waals surface area contributed by atoms with Crippen molar-refractivity contribution < 1.29 is 9.53 Å². The molecule has 0 saturated carbocycles. The molecule has 0 atom stereocenters. The van der Waals surface area contributed by atoms with Crippen molar-refractivity contribution in [1.29, 1.82) is 0 Å². The first kappa shape index (κ1) is 21.3. The number of rotatable bonds is 7. The summed E-state index contributed by atoms with van der Waals surface area (Å²) in [6.45, 7) is 8.48. The van der Waals surface area contributed by atoms with E-state index in [9.17, 15) is 9.59 Å². The Hall–Kier alpha value is -3.41. The Balaban J connectivity index is 1.56. The number of aryl methyl sites for hydroxylation is 4. The van der Waals surface area contributed by atoms with Crippen LogP contribution in [0.15, 0.2) is 53.3 Å². The van der Waals surface area contributed by atoms with Gasteiger partial charge < -0.3 is 10.1 Å². The molecule has 1 heterocycles. The van der Waals surface area contributed by atoms with Gasteiger partial charge >= 0.3 is 0 Å². The summed E-state index contributed by atoms with van der Waals surface area (Å²) < 4.78 is 7.07. The van der Waals surface area contributed by atoms with Crippen LogP contribution in [0.4, 0.5) is 0 Å². The molecule has 1 amide bonds. The van der Waals surface area contributed by atoms with Crippen LogP contribution in [0.5, 0.6) is 5.75 Å². The predicted molar refractivity (Wildman–Crippen MR) is 118 cm³/mol. The van der Waals surface area contributed by atoms with Crippen molar-refractivity contribution in [2.24, 2.45) is 0 Å². The molecule has 0 spiro atoms. The summed E-state index contributed by atoms with van der Waals surface area (Å²) >= 11 is 0. The zero-order valence-electron chi connectivity index (χ0n) is 17.9. The number of benzene rings is 2. The molecule has 30 heavy (non-hydrogen) atoms. The molecule has 0 saturated heterocycles. The Kier molecular flexibility index (Phi) is 6.67. The fourth-order valence-corrected chi connectivity index (χ4v) is 3.37. The second-order valence-electron chi connectivity index (χ2n) is 7.51. The van der Waals surface area contributed by atoms with Crippen molar-refractivity contribution in [3.63, 3.8) is 0 Å². The zero-order valence-corrected chi connectivity index (χ0v) is 17.9. The SMILES string of the molecule is Cc1ccc(-c2ccc(=O)n(CCNC(=O)COc3c(C)cc(C)cc3C)n2)cc1. The normalized spacial score (nSPS) is 10.7. The molecule has 6 nitrogen and oxygen atoms in total. The van der Waals surface area contributed by atoms with Gasteiger partial charge in [-0.3, -0.25) is 9.59 Å². The van der Waals surface area contributed by atoms with Crippen molar-refractivity contribution >= 4 is 5.91 Å². The van der Waals surface area contributed by atoms with Crippen LogP contribution < -0.4 is 15.6 Å². The highest BCUT2D eigenvalue weighted by molar-refractivity contribution is 5.77. The molecule has 0 fully saturated rings. The number of ether oxygens (including phenoxy) is 1. The smallest absolute Gasteiger partial charge is 0.266 e. The van der Waals surface area contributed by atoms with Gasteiger partial charge in [0, 0.05) is 18.2 Å². The summed E-state index contributed by atoms with van der Waals surface area (Å²) in [5.41, 5.74) is 5.78. The molecule has 0 unspecified atom stereocenters. The van der Waals surface area contributed by atoms with E-state index >= 15 is 0 Å². The lowest BCUT2D eigenvalue weighted by Gasteiger charge is -2.13. The largest absolute Gasteiger partial charge is 0.483 e. The zero-order chi connectivity index (χ0) is 21.7. The van der Waals surface area contributed by atoms with Crippen LogP contribution in [-0.2, 0) is 11.3 Å². The van der Waals surface area contributed by atoms with E-state index in [-0.39, 0.29) is 31.2 Å². The summed E-state index contributed by atoms with van der Waals surface area (Å²) in [5, 5.41) is 7.20. The molecule has 0 aliphatic rings. The van der Waals surface area contributed by atoms with E-state index in [1.165, 1.54) is 10.7 Å². The van der Waals surface area contributed by atoms with Crippen LogP contribution >= 0.6 is 0 Å². The molecule has 3 aromatic rings. The van der Waals surface area contributed by atoms with Gasteiger partial charge in [-0.2, -0.15) is 5.10 Å². The Morgan fingerprint density at radius 2 is 1.63 bits per heavy atom. The number of hydrogen-bond donors (Lipinski definition) is 1. The predicted octanol–water partition coefficient (Wildman–Crippen LogP) is 3.34. The minimum Gasteiger partial charge on any atom is -0.483 e. The summed E-state index contributed by atoms with van der Waals surface area (Å²) in [6, 6.07) is 15.2. The number of carbonyl (C=O) groups excluding carboxylic acids is 1. The molecule has 156 valence electrons. The summed E-state index contributed by atoms with van der Waals surface area (Å²) in [6.07, 6.45) is 0. The topological polar surface area (TPSA) is 73.2 Å². The molecule has 0 aliphatic carbocycles. The average Bonchev–Trinajstić information content (AvgIpc) is 2.69. The monoisotopic (exact) mass is 405 g/mol. The average molecular weight is 405 g/mol. The van der Waals surface area contributed by atoms with E-state index in [1.807, 2.05) is 64.1 Å². The number of aromatic nitrogens is 2. The van der Waals surface area contributed by atoms with Gasteiger partial charge in [0.15, 0.2) is 6.61 Å². The van der Waals surface area contributed by atoms with Gasteiger partial charge in [-0.25, -0.2) is 4.68 Å². The molecule has 2 aromatic carbocycles. The Bertz CT molecular complexity index is 1080. The minimum absolute atomic E-state index is 0.0729. The summed E-state index contributed by atoms with van der Waals surface area (Å²) in [4.78, 5) is 24.3. The van der Waals surface area contributed by atoms with Gasteiger partial charge in [0.2, 0.25) is 0 Å². The molecule has 0 radical (unpaired) electrons. The molecular weight excluding hydrogens is 378 g/mol. The van der Waals surface area contributed by atoms with Gasteiger partial charge in [-0.1, -0.05) is 47.5 Å². The van der Waals surface area contributed by atoms with Crippen molar-refractivity contribution in [2.75, 3.05) is 13.2 Å². The second kappa shape index (κ2) is 9.39. The van der Waals surface area contributed by atoms with E-state index in [1.54, 1.807) is 6.07 Å². The van der Waals surface area contributed by atoms with Crippen molar-refractivity contribution in [2.45, 2.75) is 34.2 Å². The third-order valence-corrected chi connectivity index (χ3v) is 4.81. The van der Waals surface area contributed by atoms with Gasteiger partial charge in [-0.05, 0) is 44.9 Å². The number of hydrogen-bond acceptors (Lipinski definition) is 4. The lowest BCUT2D eigenvalue weighted by atomic mass is 10.1. The lowest BCUT2D eigenvalue weighted by molar-refractivity contribution is -0.123. The van der Waals surface area contributed by atoms with E-state index in [4.69, 9.17) is 4.74 Å². The molecule has 1 N–H and O–H groups in total. The van der Waals surface area contributed by atoms with Gasteiger partial charge in [-0.15, -0.1) is 0 Å². The van der Waals surface area contributed by atoms with Crippen LogP contribution in [0.2, 0.25) is 0 Å². The Morgan fingerprint density at radius 3 is 2.30 bits per heavy atom.